The molecule has 3 rings (SSSR count). The molecular formula is C21H23NO3. The quantitative estimate of drug-likeness (QED) is 0.636. The van der Waals surface area contributed by atoms with E-state index in [4.69, 9.17) is 9.47 Å². The van der Waals surface area contributed by atoms with E-state index in [0.29, 0.717) is 13.2 Å². The molecule has 1 heterocycles. The number of hydrogen-bond acceptors (Lipinski definition) is 3. The summed E-state index contributed by atoms with van der Waals surface area (Å²) < 4.78 is 13.0. The van der Waals surface area contributed by atoms with Gasteiger partial charge in [-0.2, -0.15) is 0 Å². The van der Waals surface area contributed by atoms with Crippen LogP contribution in [0.15, 0.2) is 53.3 Å². The molecule has 130 valence electrons. The second-order valence-electron chi connectivity index (χ2n) is 6.19. The predicted octanol–water partition coefficient (Wildman–Crippen LogP) is 4.10. The number of benzene rings is 2. The Morgan fingerprint density at radius 3 is 2.52 bits per heavy atom. The molecule has 0 radical (unpaired) electrons. The van der Waals surface area contributed by atoms with Gasteiger partial charge in [-0.25, -0.2) is 0 Å². The van der Waals surface area contributed by atoms with Gasteiger partial charge in [0.05, 0.1) is 19.2 Å². The first kappa shape index (κ1) is 17.1. The van der Waals surface area contributed by atoms with Crippen LogP contribution in [-0.2, 0) is 6.54 Å². The van der Waals surface area contributed by atoms with Gasteiger partial charge < -0.3 is 14.0 Å². The Labute approximate surface area is 147 Å². The van der Waals surface area contributed by atoms with Crippen LogP contribution in [0, 0.1) is 13.8 Å². The number of rotatable bonds is 6. The van der Waals surface area contributed by atoms with Crippen LogP contribution >= 0.6 is 0 Å². The van der Waals surface area contributed by atoms with E-state index in [1.54, 1.807) is 17.7 Å². The fourth-order valence-electron chi connectivity index (χ4n) is 3.00. The van der Waals surface area contributed by atoms with Crippen molar-refractivity contribution in [3.05, 3.63) is 70.0 Å². The number of methoxy groups -OCH3 is 1. The standard InChI is InChI=1S/C21H23NO3/c1-15-8-10-17(11-9-15)25-13-5-12-22-20(23)14-16(2)18-6-4-7-19(24-3)21(18)22/h4,6-11,14H,5,12-13H2,1-3H3. The number of nitrogens with zero attached hydrogens (tertiary/aromatic N) is 1. The van der Waals surface area contributed by atoms with Crippen molar-refractivity contribution in [1.29, 1.82) is 0 Å². The zero-order valence-corrected chi connectivity index (χ0v) is 14.9. The van der Waals surface area contributed by atoms with E-state index >= 15 is 0 Å². The van der Waals surface area contributed by atoms with Crippen molar-refractivity contribution >= 4 is 10.9 Å². The first-order valence-corrected chi connectivity index (χ1v) is 8.47. The lowest BCUT2D eigenvalue weighted by Gasteiger charge is -2.15. The van der Waals surface area contributed by atoms with Crippen LogP contribution in [0.5, 0.6) is 11.5 Å². The van der Waals surface area contributed by atoms with Crippen molar-refractivity contribution in [3.63, 3.8) is 0 Å². The van der Waals surface area contributed by atoms with Crippen LogP contribution < -0.4 is 15.0 Å². The first-order valence-electron chi connectivity index (χ1n) is 8.47. The maximum Gasteiger partial charge on any atom is 0.251 e. The van der Waals surface area contributed by atoms with Gasteiger partial charge in [0.15, 0.2) is 0 Å². The summed E-state index contributed by atoms with van der Waals surface area (Å²) >= 11 is 0. The Balaban J connectivity index is 1.79. The second kappa shape index (κ2) is 7.43. The molecule has 0 aliphatic rings. The highest BCUT2D eigenvalue weighted by molar-refractivity contribution is 5.87. The minimum atomic E-state index is -0.00941. The lowest BCUT2D eigenvalue weighted by atomic mass is 10.1. The third-order valence-corrected chi connectivity index (χ3v) is 4.34. The summed E-state index contributed by atoms with van der Waals surface area (Å²) in [6, 6.07) is 15.5. The lowest BCUT2D eigenvalue weighted by Crippen LogP contribution is -2.22. The summed E-state index contributed by atoms with van der Waals surface area (Å²) in [7, 11) is 1.63. The summed E-state index contributed by atoms with van der Waals surface area (Å²) in [5.41, 5.74) is 3.01. The van der Waals surface area contributed by atoms with Crippen molar-refractivity contribution in [2.45, 2.75) is 26.8 Å². The smallest absolute Gasteiger partial charge is 0.251 e. The van der Waals surface area contributed by atoms with E-state index in [1.165, 1.54) is 5.56 Å². The Morgan fingerprint density at radius 1 is 1.04 bits per heavy atom. The summed E-state index contributed by atoms with van der Waals surface area (Å²) in [5.74, 6) is 1.57. The van der Waals surface area contributed by atoms with Gasteiger partial charge in [0.1, 0.15) is 11.5 Å². The van der Waals surface area contributed by atoms with Gasteiger partial charge in [0.25, 0.3) is 5.56 Å². The van der Waals surface area contributed by atoms with Gasteiger partial charge in [-0.15, -0.1) is 0 Å². The molecule has 0 atom stereocenters. The monoisotopic (exact) mass is 337 g/mol. The molecule has 3 aromatic rings. The lowest BCUT2D eigenvalue weighted by molar-refractivity contribution is 0.301. The first-order chi connectivity index (χ1) is 12.1. The van der Waals surface area contributed by atoms with E-state index in [9.17, 15) is 4.79 Å². The molecular weight excluding hydrogens is 314 g/mol. The van der Waals surface area contributed by atoms with Crippen molar-refractivity contribution < 1.29 is 9.47 Å². The number of aromatic nitrogens is 1. The zero-order chi connectivity index (χ0) is 17.8. The summed E-state index contributed by atoms with van der Waals surface area (Å²) in [6.07, 6.45) is 0.740. The Morgan fingerprint density at radius 2 is 1.80 bits per heavy atom. The zero-order valence-electron chi connectivity index (χ0n) is 14.9. The number of para-hydroxylation sites is 1. The van der Waals surface area contributed by atoms with Crippen molar-refractivity contribution in [3.8, 4) is 11.5 Å². The average molecular weight is 337 g/mol. The van der Waals surface area contributed by atoms with E-state index in [2.05, 4.69) is 0 Å². The predicted molar refractivity (Wildman–Crippen MR) is 101 cm³/mol. The fourth-order valence-corrected chi connectivity index (χ4v) is 3.00. The minimum Gasteiger partial charge on any atom is -0.495 e. The number of hydrogen-bond donors (Lipinski definition) is 0. The highest BCUT2D eigenvalue weighted by atomic mass is 16.5. The van der Waals surface area contributed by atoms with E-state index < -0.39 is 0 Å². The molecule has 0 bridgehead atoms. The molecule has 2 aromatic carbocycles. The molecule has 4 nitrogen and oxygen atoms in total. The van der Waals surface area contributed by atoms with Crippen LogP contribution in [0.3, 0.4) is 0 Å². The molecule has 0 fully saturated rings. The summed E-state index contributed by atoms with van der Waals surface area (Å²) in [5, 5.41) is 1.04. The van der Waals surface area contributed by atoms with Crippen LogP contribution in [0.25, 0.3) is 10.9 Å². The van der Waals surface area contributed by atoms with Crippen LogP contribution in [0.4, 0.5) is 0 Å². The molecule has 0 unspecified atom stereocenters. The molecule has 0 amide bonds. The molecule has 4 heteroatoms. The molecule has 0 saturated carbocycles. The van der Waals surface area contributed by atoms with Crippen molar-refractivity contribution in [1.82, 2.24) is 4.57 Å². The summed E-state index contributed by atoms with van der Waals surface area (Å²) in [6.45, 7) is 5.14. The fraction of sp³-hybridized carbons (Fsp3) is 0.286. The Hall–Kier alpha value is -2.75. The van der Waals surface area contributed by atoms with Gasteiger partial charge >= 0.3 is 0 Å². The molecule has 0 spiro atoms. The van der Waals surface area contributed by atoms with Crippen molar-refractivity contribution in [2.75, 3.05) is 13.7 Å². The molecule has 1 aromatic heterocycles. The summed E-state index contributed by atoms with van der Waals surface area (Å²) in [4.78, 5) is 12.5. The van der Waals surface area contributed by atoms with Gasteiger partial charge in [-0.3, -0.25) is 4.79 Å². The maximum absolute atomic E-state index is 12.5. The van der Waals surface area contributed by atoms with Crippen LogP contribution in [0.1, 0.15) is 17.5 Å². The maximum atomic E-state index is 12.5. The number of fused-ring (bicyclic) bond motifs is 1. The van der Waals surface area contributed by atoms with Gasteiger partial charge in [0, 0.05) is 18.0 Å². The minimum absolute atomic E-state index is 0.00941. The van der Waals surface area contributed by atoms with Gasteiger partial charge in [-0.1, -0.05) is 29.8 Å². The van der Waals surface area contributed by atoms with E-state index in [-0.39, 0.29) is 5.56 Å². The highest BCUT2D eigenvalue weighted by Gasteiger charge is 2.11. The number of aryl methyl sites for hydroxylation is 3. The molecule has 0 aliphatic carbocycles. The second-order valence-corrected chi connectivity index (χ2v) is 6.19. The highest BCUT2D eigenvalue weighted by Crippen LogP contribution is 2.26. The van der Waals surface area contributed by atoms with E-state index in [1.807, 2.05) is 56.3 Å². The van der Waals surface area contributed by atoms with Gasteiger partial charge in [-0.05, 0) is 44.0 Å². The number of pyridine rings is 1. The number of ether oxygens (including phenoxy) is 2. The van der Waals surface area contributed by atoms with Crippen LogP contribution in [0.2, 0.25) is 0 Å². The Bertz CT molecular complexity index is 926. The normalized spacial score (nSPS) is 10.8. The largest absolute Gasteiger partial charge is 0.495 e. The average Bonchev–Trinajstić information content (AvgIpc) is 2.62. The molecule has 25 heavy (non-hydrogen) atoms. The third kappa shape index (κ3) is 3.68. The molecule has 0 aliphatic heterocycles. The SMILES string of the molecule is COc1cccc2c(C)cc(=O)n(CCCOc3ccc(C)cc3)c12. The molecule has 0 saturated heterocycles. The molecule has 0 N–H and O–H groups in total. The van der Waals surface area contributed by atoms with Crippen LogP contribution in [-0.4, -0.2) is 18.3 Å². The Kier molecular flexibility index (Phi) is 5.08. The topological polar surface area (TPSA) is 40.5 Å². The van der Waals surface area contributed by atoms with Gasteiger partial charge in [0.2, 0.25) is 0 Å². The van der Waals surface area contributed by atoms with Crippen molar-refractivity contribution in [2.24, 2.45) is 0 Å². The third-order valence-electron chi connectivity index (χ3n) is 4.34. The van der Waals surface area contributed by atoms with E-state index in [0.717, 1.165) is 34.4 Å².